The van der Waals surface area contributed by atoms with Gasteiger partial charge in [0.25, 0.3) is 11.6 Å². The molecule has 3 aromatic rings. The normalized spacial score (nSPS) is 10.3. The highest BCUT2D eigenvalue weighted by Crippen LogP contribution is 2.26. The number of rotatable bonds is 4. The Morgan fingerprint density at radius 3 is 2.39 bits per heavy atom. The number of nitrogens with one attached hydrogen (secondary N) is 1. The molecular formula is C17H12N2O3S. The second-order valence-corrected chi connectivity index (χ2v) is 5.73. The average Bonchev–Trinajstić information content (AvgIpc) is 3.10. The Morgan fingerprint density at radius 2 is 1.74 bits per heavy atom. The van der Waals surface area contributed by atoms with Crippen molar-refractivity contribution in [1.29, 1.82) is 0 Å². The molecule has 23 heavy (non-hydrogen) atoms. The first-order valence-electron chi connectivity index (χ1n) is 6.84. The van der Waals surface area contributed by atoms with Gasteiger partial charge in [0.15, 0.2) is 0 Å². The molecule has 6 heteroatoms. The van der Waals surface area contributed by atoms with Gasteiger partial charge in [0.05, 0.1) is 4.92 Å². The molecule has 0 saturated carbocycles. The van der Waals surface area contributed by atoms with Crippen LogP contribution >= 0.6 is 11.3 Å². The van der Waals surface area contributed by atoms with Gasteiger partial charge in [-0.25, -0.2) is 0 Å². The van der Waals surface area contributed by atoms with Gasteiger partial charge in [0.2, 0.25) is 0 Å². The third-order valence-corrected chi connectivity index (χ3v) is 4.22. The predicted octanol–water partition coefficient (Wildman–Crippen LogP) is 4.58. The molecule has 0 aliphatic carbocycles. The van der Waals surface area contributed by atoms with Gasteiger partial charge in [-0.05, 0) is 35.2 Å². The summed E-state index contributed by atoms with van der Waals surface area (Å²) in [5.74, 6) is -0.378. The molecule has 5 nitrogen and oxygen atoms in total. The first-order chi connectivity index (χ1) is 11.1. The second kappa shape index (κ2) is 6.41. The van der Waals surface area contributed by atoms with Crippen molar-refractivity contribution in [2.45, 2.75) is 0 Å². The van der Waals surface area contributed by atoms with Crippen molar-refractivity contribution in [3.8, 4) is 10.4 Å². The van der Waals surface area contributed by atoms with Gasteiger partial charge < -0.3 is 5.32 Å². The lowest BCUT2D eigenvalue weighted by molar-refractivity contribution is -0.383. The number of thiophene rings is 1. The SMILES string of the molecule is O=C(Nc1ccccc1[N+](=O)[O-])c1ccc(-c2cccs2)cc1. The fourth-order valence-electron chi connectivity index (χ4n) is 2.16. The molecule has 1 N–H and O–H groups in total. The van der Waals surface area contributed by atoms with E-state index in [1.807, 2.05) is 29.6 Å². The van der Waals surface area contributed by atoms with Gasteiger partial charge in [-0.15, -0.1) is 11.3 Å². The molecule has 0 aliphatic heterocycles. The number of hydrogen-bond donors (Lipinski definition) is 1. The van der Waals surface area contributed by atoms with Crippen molar-refractivity contribution in [1.82, 2.24) is 0 Å². The summed E-state index contributed by atoms with van der Waals surface area (Å²) >= 11 is 1.62. The van der Waals surface area contributed by atoms with Crippen LogP contribution in [0.15, 0.2) is 66.0 Å². The van der Waals surface area contributed by atoms with E-state index >= 15 is 0 Å². The van der Waals surface area contributed by atoms with Crippen LogP contribution in [0.25, 0.3) is 10.4 Å². The molecule has 0 bridgehead atoms. The van der Waals surface area contributed by atoms with Crippen LogP contribution in [0.4, 0.5) is 11.4 Å². The summed E-state index contributed by atoms with van der Waals surface area (Å²) in [6.45, 7) is 0. The third-order valence-electron chi connectivity index (χ3n) is 3.30. The fourth-order valence-corrected chi connectivity index (χ4v) is 2.89. The molecule has 3 rings (SSSR count). The molecule has 1 aromatic heterocycles. The Morgan fingerprint density at radius 1 is 1.00 bits per heavy atom. The molecular weight excluding hydrogens is 312 g/mol. The monoisotopic (exact) mass is 324 g/mol. The molecule has 0 saturated heterocycles. The largest absolute Gasteiger partial charge is 0.316 e. The Balaban J connectivity index is 1.80. The van der Waals surface area contributed by atoms with E-state index in [1.54, 1.807) is 35.6 Å². The number of carbonyl (C=O) groups is 1. The summed E-state index contributed by atoms with van der Waals surface area (Å²) in [6.07, 6.45) is 0. The number of carbonyl (C=O) groups excluding carboxylic acids is 1. The summed E-state index contributed by atoms with van der Waals surface area (Å²) < 4.78 is 0. The van der Waals surface area contributed by atoms with Crippen molar-refractivity contribution in [3.05, 3.63) is 81.7 Å². The molecule has 114 valence electrons. The van der Waals surface area contributed by atoms with E-state index in [0.29, 0.717) is 5.56 Å². The zero-order chi connectivity index (χ0) is 16.2. The highest BCUT2D eigenvalue weighted by atomic mass is 32.1. The van der Waals surface area contributed by atoms with E-state index in [2.05, 4.69) is 5.32 Å². The van der Waals surface area contributed by atoms with Crippen molar-refractivity contribution >= 4 is 28.6 Å². The highest BCUT2D eigenvalue weighted by Gasteiger charge is 2.15. The molecule has 1 heterocycles. The molecule has 0 spiro atoms. The average molecular weight is 324 g/mol. The number of nitro benzene ring substituents is 1. The van der Waals surface area contributed by atoms with E-state index in [4.69, 9.17) is 0 Å². The zero-order valence-electron chi connectivity index (χ0n) is 11.9. The Kier molecular flexibility index (Phi) is 4.16. The Hall–Kier alpha value is -2.99. The standard InChI is InChI=1S/C17H12N2O3S/c20-17(18-14-4-1-2-5-15(14)19(21)22)13-9-7-12(8-10-13)16-6-3-11-23-16/h1-11H,(H,18,20). The lowest BCUT2D eigenvalue weighted by Crippen LogP contribution is -2.12. The second-order valence-electron chi connectivity index (χ2n) is 4.78. The van der Waals surface area contributed by atoms with Gasteiger partial charge >= 0.3 is 0 Å². The smallest absolute Gasteiger partial charge is 0.292 e. The number of anilines is 1. The summed E-state index contributed by atoms with van der Waals surface area (Å²) in [7, 11) is 0. The van der Waals surface area contributed by atoms with E-state index in [0.717, 1.165) is 10.4 Å². The number of amides is 1. The van der Waals surface area contributed by atoms with E-state index in [-0.39, 0.29) is 17.3 Å². The first kappa shape index (κ1) is 14.9. The van der Waals surface area contributed by atoms with E-state index in [9.17, 15) is 14.9 Å². The zero-order valence-corrected chi connectivity index (χ0v) is 12.7. The van der Waals surface area contributed by atoms with Crippen LogP contribution in [-0.4, -0.2) is 10.8 Å². The Labute approximate surface area is 136 Å². The summed E-state index contributed by atoms with van der Waals surface area (Å²) in [4.78, 5) is 23.8. The van der Waals surface area contributed by atoms with E-state index in [1.165, 1.54) is 12.1 Å². The molecule has 0 atom stereocenters. The van der Waals surface area contributed by atoms with Crippen molar-refractivity contribution in [2.24, 2.45) is 0 Å². The van der Waals surface area contributed by atoms with Gasteiger partial charge in [-0.2, -0.15) is 0 Å². The topological polar surface area (TPSA) is 72.2 Å². The molecule has 0 fully saturated rings. The Bertz CT molecular complexity index is 843. The molecule has 2 aromatic carbocycles. The maximum atomic E-state index is 12.3. The minimum atomic E-state index is -0.518. The van der Waals surface area contributed by atoms with Gasteiger partial charge in [0, 0.05) is 16.5 Å². The summed E-state index contributed by atoms with van der Waals surface area (Å²) in [6, 6.07) is 17.2. The molecule has 1 amide bonds. The lowest BCUT2D eigenvalue weighted by Gasteiger charge is -2.06. The van der Waals surface area contributed by atoms with Gasteiger partial charge in [0.1, 0.15) is 5.69 Å². The first-order valence-corrected chi connectivity index (χ1v) is 7.72. The van der Waals surface area contributed by atoms with Crippen molar-refractivity contribution < 1.29 is 9.72 Å². The number of benzene rings is 2. The minimum absolute atomic E-state index is 0.129. The fraction of sp³-hybridized carbons (Fsp3) is 0. The quantitative estimate of drug-likeness (QED) is 0.564. The van der Waals surface area contributed by atoms with Crippen LogP contribution in [0.1, 0.15) is 10.4 Å². The third kappa shape index (κ3) is 3.27. The van der Waals surface area contributed by atoms with Gasteiger partial charge in [-0.1, -0.05) is 30.3 Å². The number of hydrogen-bond acceptors (Lipinski definition) is 4. The van der Waals surface area contributed by atoms with Crippen LogP contribution in [0.2, 0.25) is 0 Å². The highest BCUT2D eigenvalue weighted by molar-refractivity contribution is 7.13. The van der Waals surface area contributed by atoms with Crippen LogP contribution in [0, 0.1) is 10.1 Å². The maximum Gasteiger partial charge on any atom is 0.292 e. The van der Waals surface area contributed by atoms with Crippen LogP contribution < -0.4 is 5.32 Å². The van der Waals surface area contributed by atoms with Crippen LogP contribution in [0.3, 0.4) is 0 Å². The summed E-state index contributed by atoms with van der Waals surface area (Å²) in [5, 5.41) is 15.5. The van der Waals surface area contributed by atoms with Crippen LogP contribution in [-0.2, 0) is 0 Å². The van der Waals surface area contributed by atoms with E-state index < -0.39 is 4.92 Å². The number of nitrogens with zero attached hydrogens (tertiary/aromatic N) is 1. The van der Waals surface area contributed by atoms with Crippen molar-refractivity contribution in [2.75, 3.05) is 5.32 Å². The van der Waals surface area contributed by atoms with Crippen molar-refractivity contribution in [3.63, 3.8) is 0 Å². The van der Waals surface area contributed by atoms with Crippen LogP contribution in [0.5, 0.6) is 0 Å². The number of para-hydroxylation sites is 2. The lowest BCUT2D eigenvalue weighted by atomic mass is 10.1. The number of nitro groups is 1. The van der Waals surface area contributed by atoms with Gasteiger partial charge in [-0.3, -0.25) is 14.9 Å². The molecule has 0 aliphatic rings. The molecule has 0 radical (unpaired) electrons. The minimum Gasteiger partial charge on any atom is -0.316 e. The predicted molar refractivity (Wildman–Crippen MR) is 90.8 cm³/mol. The summed E-state index contributed by atoms with van der Waals surface area (Å²) in [5.41, 5.74) is 1.53. The molecule has 0 unspecified atom stereocenters. The maximum absolute atomic E-state index is 12.3.